The number of nitrogens with zero attached hydrogens (tertiary/aromatic N) is 1. The minimum absolute atomic E-state index is 0.0483. The second kappa shape index (κ2) is 7.40. The third kappa shape index (κ3) is 4.48. The Labute approximate surface area is 119 Å². The number of rotatable bonds is 6. The highest BCUT2D eigenvalue weighted by Crippen LogP contribution is 2.14. The van der Waals surface area contributed by atoms with E-state index in [1.54, 1.807) is 6.20 Å². The number of carbonyl (C=O) groups is 1. The third-order valence-corrected chi connectivity index (χ3v) is 2.96. The Morgan fingerprint density at radius 2 is 2.05 bits per heavy atom. The number of aromatic nitrogens is 1. The smallest absolute Gasteiger partial charge is 0.221 e. The molecule has 4 heteroatoms. The van der Waals surface area contributed by atoms with Crippen LogP contribution in [-0.2, 0) is 17.8 Å². The van der Waals surface area contributed by atoms with Crippen molar-refractivity contribution in [3.8, 4) is 0 Å². The second-order valence-corrected chi connectivity index (χ2v) is 4.63. The lowest BCUT2D eigenvalue weighted by Crippen LogP contribution is -2.18. The average molecular weight is 269 g/mol. The summed E-state index contributed by atoms with van der Waals surface area (Å²) in [6.07, 6.45) is 4.60. The van der Waals surface area contributed by atoms with E-state index in [0.29, 0.717) is 0 Å². The summed E-state index contributed by atoms with van der Waals surface area (Å²) in [5.41, 5.74) is 3.18. The van der Waals surface area contributed by atoms with Gasteiger partial charge < -0.3 is 10.6 Å². The van der Waals surface area contributed by atoms with Crippen molar-refractivity contribution >= 4 is 11.6 Å². The topological polar surface area (TPSA) is 54.0 Å². The largest absolute Gasteiger partial charge is 0.326 e. The van der Waals surface area contributed by atoms with Gasteiger partial charge >= 0.3 is 0 Å². The van der Waals surface area contributed by atoms with Gasteiger partial charge in [0.1, 0.15) is 0 Å². The first-order valence-corrected chi connectivity index (χ1v) is 6.71. The predicted molar refractivity (Wildman–Crippen MR) is 80.4 cm³/mol. The lowest BCUT2D eigenvalue weighted by molar-refractivity contribution is -0.114. The molecule has 1 aromatic heterocycles. The van der Waals surface area contributed by atoms with Crippen molar-refractivity contribution in [3.63, 3.8) is 0 Å². The summed E-state index contributed by atoms with van der Waals surface area (Å²) in [6.45, 7) is 3.13. The summed E-state index contributed by atoms with van der Waals surface area (Å²) >= 11 is 0. The molecular weight excluding hydrogens is 250 g/mol. The van der Waals surface area contributed by atoms with Gasteiger partial charge in [-0.2, -0.15) is 0 Å². The maximum Gasteiger partial charge on any atom is 0.221 e. The molecule has 4 nitrogen and oxygen atoms in total. The van der Waals surface area contributed by atoms with Gasteiger partial charge in [0.05, 0.1) is 0 Å². The van der Waals surface area contributed by atoms with Crippen molar-refractivity contribution < 1.29 is 4.79 Å². The molecule has 0 radical (unpaired) electrons. The Hall–Kier alpha value is -2.20. The lowest BCUT2D eigenvalue weighted by Gasteiger charge is -2.10. The zero-order valence-corrected chi connectivity index (χ0v) is 11.6. The maximum absolute atomic E-state index is 11.1. The molecule has 0 unspecified atom stereocenters. The SMILES string of the molecule is CC(=O)Nc1ccccc1CNCCc1cccnc1. The van der Waals surface area contributed by atoms with Gasteiger partial charge in [-0.3, -0.25) is 9.78 Å². The van der Waals surface area contributed by atoms with Gasteiger partial charge in [-0.25, -0.2) is 0 Å². The van der Waals surface area contributed by atoms with E-state index < -0.39 is 0 Å². The highest BCUT2D eigenvalue weighted by atomic mass is 16.1. The van der Waals surface area contributed by atoms with Gasteiger partial charge in [0.2, 0.25) is 5.91 Å². The zero-order valence-electron chi connectivity index (χ0n) is 11.6. The number of hydrogen-bond donors (Lipinski definition) is 2. The molecule has 0 fully saturated rings. The van der Waals surface area contributed by atoms with Crippen molar-refractivity contribution in [1.82, 2.24) is 10.3 Å². The number of amides is 1. The summed E-state index contributed by atoms with van der Waals surface area (Å²) in [5, 5.41) is 6.23. The first-order chi connectivity index (χ1) is 9.75. The number of anilines is 1. The molecule has 0 saturated heterocycles. The molecule has 104 valence electrons. The summed E-state index contributed by atoms with van der Waals surface area (Å²) in [4.78, 5) is 15.2. The average Bonchev–Trinajstić information content (AvgIpc) is 2.46. The molecule has 20 heavy (non-hydrogen) atoms. The van der Waals surface area contributed by atoms with E-state index in [2.05, 4.69) is 21.7 Å². The molecule has 0 atom stereocenters. The third-order valence-electron chi connectivity index (χ3n) is 2.96. The Morgan fingerprint density at radius 1 is 1.20 bits per heavy atom. The normalized spacial score (nSPS) is 10.2. The van der Waals surface area contributed by atoms with Crippen molar-refractivity contribution in [2.24, 2.45) is 0 Å². The number of pyridine rings is 1. The van der Waals surface area contributed by atoms with Crippen molar-refractivity contribution in [2.75, 3.05) is 11.9 Å². The van der Waals surface area contributed by atoms with Gasteiger partial charge in [-0.15, -0.1) is 0 Å². The number of carbonyl (C=O) groups excluding carboxylic acids is 1. The Kier molecular flexibility index (Phi) is 5.26. The summed E-state index contributed by atoms with van der Waals surface area (Å²) in [7, 11) is 0. The number of benzene rings is 1. The fourth-order valence-electron chi connectivity index (χ4n) is 1.99. The Bertz CT molecular complexity index is 555. The molecule has 2 aromatic rings. The maximum atomic E-state index is 11.1. The molecule has 0 spiro atoms. The summed E-state index contributed by atoms with van der Waals surface area (Å²) < 4.78 is 0. The van der Waals surface area contributed by atoms with E-state index in [4.69, 9.17) is 0 Å². The summed E-state index contributed by atoms with van der Waals surface area (Å²) in [6, 6.07) is 11.8. The van der Waals surface area contributed by atoms with Gasteiger partial charge in [0.25, 0.3) is 0 Å². The number of hydrogen-bond acceptors (Lipinski definition) is 3. The van der Waals surface area contributed by atoms with Crippen LogP contribution < -0.4 is 10.6 Å². The molecule has 0 aliphatic carbocycles. The fourth-order valence-corrected chi connectivity index (χ4v) is 1.99. The van der Waals surface area contributed by atoms with Crippen molar-refractivity contribution in [3.05, 3.63) is 59.9 Å². The van der Waals surface area contributed by atoms with Gasteiger partial charge in [-0.1, -0.05) is 24.3 Å². The molecule has 0 aliphatic heterocycles. The van der Waals surface area contributed by atoms with Crippen LogP contribution in [0, 0.1) is 0 Å². The quantitative estimate of drug-likeness (QED) is 0.792. The first kappa shape index (κ1) is 14.2. The van der Waals surface area contributed by atoms with Crippen LogP contribution in [0.1, 0.15) is 18.1 Å². The van der Waals surface area contributed by atoms with Crippen LogP contribution >= 0.6 is 0 Å². The van der Waals surface area contributed by atoms with Crippen LogP contribution in [0.15, 0.2) is 48.8 Å². The molecule has 2 N–H and O–H groups in total. The van der Waals surface area contributed by atoms with Crippen LogP contribution in [0.5, 0.6) is 0 Å². The monoisotopic (exact) mass is 269 g/mol. The number of nitrogens with one attached hydrogen (secondary N) is 2. The highest BCUT2D eigenvalue weighted by molar-refractivity contribution is 5.89. The van der Waals surface area contributed by atoms with E-state index in [1.165, 1.54) is 12.5 Å². The van der Waals surface area contributed by atoms with Crippen molar-refractivity contribution in [2.45, 2.75) is 19.9 Å². The van der Waals surface area contributed by atoms with Crippen LogP contribution in [0.25, 0.3) is 0 Å². The minimum Gasteiger partial charge on any atom is -0.326 e. The van der Waals surface area contributed by atoms with E-state index in [-0.39, 0.29) is 5.91 Å². The second-order valence-electron chi connectivity index (χ2n) is 4.63. The first-order valence-electron chi connectivity index (χ1n) is 6.71. The van der Waals surface area contributed by atoms with Crippen molar-refractivity contribution in [1.29, 1.82) is 0 Å². The molecule has 1 aromatic carbocycles. The van der Waals surface area contributed by atoms with Crippen LogP contribution in [0.4, 0.5) is 5.69 Å². The highest BCUT2D eigenvalue weighted by Gasteiger charge is 2.02. The van der Waals surface area contributed by atoms with Gasteiger partial charge in [0, 0.05) is 31.5 Å². The van der Waals surface area contributed by atoms with Gasteiger partial charge in [0.15, 0.2) is 0 Å². The van der Waals surface area contributed by atoms with E-state index in [1.807, 2.05) is 36.5 Å². The number of para-hydroxylation sites is 1. The standard InChI is InChI=1S/C16H19N3O/c1-13(20)19-16-7-3-2-6-15(16)12-18-10-8-14-5-4-9-17-11-14/h2-7,9,11,18H,8,10,12H2,1H3,(H,19,20). The Balaban J connectivity index is 1.83. The summed E-state index contributed by atoms with van der Waals surface area (Å²) in [5.74, 6) is -0.0483. The molecule has 1 amide bonds. The van der Waals surface area contributed by atoms with E-state index >= 15 is 0 Å². The lowest BCUT2D eigenvalue weighted by atomic mass is 10.1. The Morgan fingerprint density at radius 3 is 2.80 bits per heavy atom. The van der Waals surface area contributed by atoms with Crippen LogP contribution in [0.2, 0.25) is 0 Å². The van der Waals surface area contributed by atoms with Crippen LogP contribution in [0.3, 0.4) is 0 Å². The molecule has 0 bridgehead atoms. The van der Waals surface area contributed by atoms with E-state index in [9.17, 15) is 4.79 Å². The predicted octanol–water partition coefficient (Wildman–Crippen LogP) is 2.37. The zero-order chi connectivity index (χ0) is 14.2. The van der Waals surface area contributed by atoms with Gasteiger partial charge in [-0.05, 0) is 36.2 Å². The molecule has 0 aliphatic rings. The minimum atomic E-state index is -0.0483. The molecular formula is C16H19N3O. The molecule has 0 saturated carbocycles. The van der Waals surface area contributed by atoms with Crippen LogP contribution in [-0.4, -0.2) is 17.4 Å². The molecule has 2 rings (SSSR count). The fraction of sp³-hybridized carbons (Fsp3) is 0.250. The molecule has 1 heterocycles. The van der Waals surface area contributed by atoms with E-state index in [0.717, 1.165) is 30.8 Å².